The van der Waals surface area contributed by atoms with Crippen LogP contribution >= 0.6 is 27.5 Å². The molecular weight excluding hydrogens is 366 g/mol. The first kappa shape index (κ1) is 16.4. The fourth-order valence-corrected chi connectivity index (χ4v) is 2.52. The van der Waals surface area contributed by atoms with Crippen molar-refractivity contribution < 1.29 is 9.53 Å². The zero-order chi connectivity index (χ0) is 15.8. The van der Waals surface area contributed by atoms with Crippen molar-refractivity contribution in [2.45, 2.75) is 6.61 Å². The smallest absolute Gasteiger partial charge is 0.408 e. The number of carbonyl (C=O) groups excluding carboxylic acids is 1. The Morgan fingerprint density at radius 2 is 2.00 bits per heavy atom. The van der Waals surface area contributed by atoms with Crippen molar-refractivity contribution >= 4 is 33.6 Å². The molecule has 0 bridgehead atoms. The number of amides is 1. The molecule has 0 aromatic heterocycles. The number of carbonyl (C=O) groups is 1. The zero-order valence-electron chi connectivity index (χ0n) is 11.6. The van der Waals surface area contributed by atoms with E-state index in [1.54, 1.807) is 12.1 Å². The van der Waals surface area contributed by atoms with Gasteiger partial charge < -0.3 is 10.1 Å². The van der Waals surface area contributed by atoms with Crippen molar-refractivity contribution in [3.8, 4) is 11.8 Å². The predicted octanol–water partition coefficient (Wildman–Crippen LogP) is 4.38. The predicted molar refractivity (Wildman–Crippen MR) is 90.7 cm³/mol. The molecule has 1 amide bonds. The molecule has 0 radical (unpaired) electrons. The van der Waals surface area contributed by atoms with Gasteiger partial charge in [-0.3, -0.25) is 0 Å². The maximum atomic E-state index is 11.5. The molecule has 112 valence electrons. The third-order valence-electron chi connectivity index (χ3n) is 2.63. The molecule has 0 aliphatic heterocycles. The Bertz CT molecular complexity index is 687. The first-order valence-electron chi connectivity index (χ1n) is 6.53. The highest BCUT2D eigenvalue weighted by molar-refractivity contribution is 9.10. The summed E-state index contributed by atoms with van der Waals surface area (Å²) in [4.78, 5) is 11.5. The summed E-state index contributed by atoms with van der Waals surface area (Å²) in [5.74, 6) is 5.76. The van der Waals surface area contributed by atoms with Gasteiger partial charge in [-0.2, -0.15) is 0 Å². The topological polar surface area (TPSA) is 38.3 Å². The fraction of sp³-hybridized carbons (Fsp3) is 0.118. The van der Waals surface area contributed by atoms with Crippen molar-refractivity contribution in [2.75, 3.05) is 6.54 Å². The zero-order valence-corrected chi connectivity index (χ0v) is 13.9. The lowest BCUT2D eigenvalue weighted by Crippen LogP contribution is -2.24. The van der Waals surface area contributed by atoms with Gasteiger partial charge in [-0.1, -0.05) is 69.7 Å². The molecule has 2 aromatic rings. The molecule has 3 nitrogen and oxygen atoms in total. The van der Waals surface area contributed by atoms with Gasteiger partial charge in [-0.05, 0) is 23.8 Å². The Balaban J connectivity index is 1.76. The van der Waals surface area contributed by atoms with Crippen LogP contribution in [0.3, 0.4) is 0 Å². The number of ether oxygens (including phenoxy) is 1. The van der Waals surface area contributed by atoms with Gasteiger partial charge in [-0.15, -0.1) is 0 Å². The summed E-state index contributed by atoms with van der Waals surface area (Å²) in [7, 11) is 0. The molecular formula is C17H13BrClNO2. The third-order valence-corrected chi connectivity index (χ3v) is 3.31. The van der Waals surface area contributed by atoms with Gasteiger partial charge in [-0.25, -0.2) is 4.79 Å². The number of halogens is 2. The molecule has 0 spiro atoms. The van der Waals surface area contributed by atoms with E-state index in [4.69, 9.17) is 16.3 Å². The molecule has 5 heteroatoms. The van der Waals surface area contributed by atoms with Gasteiger partial charge in [0.25, 0.3) is 0 Å². The molecule has 0 heterocycles. The molecule has 2 rings (SSSR count). The second-order valence-electron chi connectivity index (χ2n) is 4.38. The number of hydrogen-bond donors (Lipinski definition) is 1. The minimum atomic E-state index is -0.495. The summed E-state index contributed by atoms with van der Waals surface area (Å²) in [5, 5.41) is 3.18. The average molecular weight is 379 g/mol. The Kier molecular flexibility index (Phi) is 6.32. The van der Waals surface area contributed by atoms with Crippen LogP contribution in [0, 0.1) is 11.8 Å². The minimum Gasteiger partial charge on any atom is -0.445 e. The van der Waals surface area contributed by atoms with Crippen LogP contribution in [-0.2, 0) is 11.3 Å². The molecule has 0 atom stereocenters. The van der Waals surface area contributed by atoms with Crippen LogP contribution in [-0.4, -0.2) is 12.6 Å². The van der Waals surface area contributed by atoms with Gasteiger partial charge in [0.15, 0.2) is 0 Å². The monoisotopic (exact) mass is 377 g/mol. The summed E-state index contributed by atoms with van der Waals surface area (Å²) in [5.41, 5.74) is 1.71. The van der Waals surface area contributed by atoms with Crippen LogP contribution in [0.25, 0.3) is 0 Å². The van der Waals surface area contributed by atoms with Crippen molar-refractivity contribution in [3.63, 3.8) is 0 Å². The molecule has 0 saturated heterocycles. The van der Waals surface area contributed by atoms with Crippen LogP contribution in [0.4, 0.5) is 4.79 Å². The number of benzene rings is 2. The van der Waals surface area contributed by atoms with Crippen molar-refractivity contribution in [1.82, 2.24) is 5.32 Å². The van der Waals surface area contributed by atoms with E-state index < -0.39 is 6.09 Å². The second kappa shape index (κ2) is 8.47. The van der Waals surface area contributed by atoms with E-state index in [0.29, 0.717) is 5.02 Å². The third kappa shape index (κ3) is 5.80. The molecule has 0 unspecified atom stereocenters. The summed E-state index contributed by atoms with van der Waals surface area (Å²) >= 11 is 9.27. The highest BCUT2D eigenvalue weighted by Crippen LogP contribution is 2.18. The molecule has 0 fully saturated rings. The van der Waals surface area contributed by atoms with Crippen molar-refractivity contribution in [1.29, 1.82) is 0 Å². The van der Waals surface area contributed by atoms with E-state index in [-0.39, 0.29) is 13.2 Å². The lowest BCUT2D eigenvalue weighted by atomic mass is 10.2. The van der Waals surface area contributed by atoms with Gasteiger partial charge >= 0.3 is 6.09 Å². The number of rotatable bonds is 3. The maximum absolute atomic E-state index is 11.5. The Morgan fingerprint density at radius 3 is 2.73 bits per heavy atom. The van der Waals surface area contributed by atoms with Crippen LogP contribution < -0.4 is 5.32 Å². The summed E-state index contributed by atoms with van der Waals surface area (Å²) < 4.78 is 5.93. The molecule has 0 aliphatic rings. The van der Waals surface area contributed by atoms with Gasteiger partial charge in [0.05, 0.1) is 6.54 Å². The molecule has 22 heavy (non-hydrogen) atoms. The largest absolute Gasteiger partial charge is 0.445 e. The lowest BCUT2D eigenvalue weighted by Gasteiger charge is -2.04. The molecule has 1 N–H and O–H groups in total. The van der Waals surface area contributed by atoms with E-state index in [0.717, 1.165) is 15.6 Å². The maximum Gasteiger partial charge on any atom is 0.408 e. The first-order valence-corrected chi connectivity index (χ1v) is 7.70. The number of nitrogens with one attached hydrogen (secondary N) is 1. The highest BCUT2D eigenvalue weighted by atomic mass is 79.9. The highest BCUT2D eigenvalue weighted by Gasteiger charge is 2.00. The summed E-state index contributed by atoms with van der Waals surface area (Å²) in [6.45, 7) is 0.444. The van der Waals surface area contributed by atoms with E-state index in [1.165, 1.54) is 0 Å². The fourth-order valence-electron chi connectivity index (χ4n) is 1.66. The normalized spacial score (nSPS) is 9.55. The van der Waals surface area contributed by atoms with E-state index in [1.807, 2.05) is 36.4 Å². The SMILES string of the molecule is O=C(NCC#Cc1cc(Cl)cc(Br)c1)OCc1ccccc1. The second-order valence-corrected chi connectivity index (χ2v) is 5.73. The number of alkyl carbamates (subject to hydrolysis) is 1. The lowest BCUT2D eigenvalue weighted by molar-refractivity contribution is 0.141. The summed E-state index contributed by atoms with van der Waals surface area (Å²) in [6, 6.07) is 14.9. The van der Waals surface area contributed by atoms with Crippen LogP contribution in [0.5, 0.6) is 0 Å². The summed E-state index contributed by atoms with van der Waals surface area (Å²) in [6.07, 6.45) is -0.495. The molecule has 2 aromatic carbocycles. The van der Waals surface area contributed by atoms with Gasteiger partial charge in [0.2, 0.25) is 0 Å². The van der Waals surface area contributed by atoms with Crippen molar-refractivity contribution in [2.24, 2.45) is 0 Å². The standard InChI is InChI=1S/C17H13BrClNO2/c18-15-9-14(10-16(19)11-15)7-4-8-20-17(21)22-12-13-5-2-1-3-6-13/h1-3,5-6,9-11H,8,12H2,(H,20,21). The average Bonchev–Trinajstić information content (AvgIpc) is 2.50. The minimum absolute atomic E-state index is 0.206. The van der Waals surface area contributed by atoms with Crippen molar-refractivity contribution in [3.05, 3.63) is 69.2 Å². The van der Waals surface area contributed by atoms with Gasteiger partial charge in [0.1, 0.15) is 6.61 Å². The van der Waals surface area contributed by atoms with Gasteiger partial charge in [0, 0.05) is 15.1 Å². The Morgan fingerprint density at radius 1 is 1.23 bits per heavy atom. The quantitative estimate of drug-likeness (QED) is 0.805. The first-order chi connectivity index (χ1) is 10.6. The Hall–Kier alpha value is -1.96. The van der Waals surface area contributed by atoms with Crippen LogP contribution in [0.1, 0.15) is 11.1 Å². The van der Waals surface area contributed by atoms with Crippen LogP contribution in [0.2, 0.25) is 5.02 Å². The van der Waals surface area contributed by atoms with E-state index in [2.05, 4.69) is 33.1 Å². The number of hydrogen-bond acceptors (Lipinski definition) is 2. The molecule has 0 aliphatic carbocycles. The van der Waals surface area contributed by atoms with E-state index in [9.17, 15) is 4.79 Å². The van der Waals surface area contributed by atoms with Crippen LogP contribution in [0.15, 0.2) is 53.0 Å². The molecule has 0 saturated carbocycles. The van der Waals surface area contributed by atoms with E-state index >= 15 is 0 Å². The Labute approximate surface area is 142 Å².